The third-order valence-corrected chi connectivity index (χ3v) is 5.62. The highest BCUT2D eigenvalue weighted by molar-refractivity contribution is 5.95. The Balaban J connectivity index is 1.48. The molecule has 2 saturated carbocycles. The highest BCUT2D eigenvalue weighted by Gasteiger charge is 2.41. The lowest BCUT2D eigenvalue weighted by atomic mass is 9.86. The summed E-state index contributed by atoms with van der Waals surface area (Å²) in [5, 5.41) is 0. The number of benzene rings is 1. The van der Waals surface area contributed by atoms with Crippen molar-refractivity contribution in [2.75, 3.05) is 17.2 Å². The predicted molar refractivity (Wildman–Crippen MR) is 80.5 cm³/mol. The molecule has 0 spiro atoms. The summed E-state index contributed by atoms with van der Waals surface area (Å²) in [7, 11) is 0. The molecule has 1 heterocycles. The van der Waals surface area contributed by atoms with Crippen LogP contribution in [0.5, 0.6) is 0 Å². The number of hydrogen-bond donors (Lipinski definition) is 1. The van der Waals surface area contributed by atoms with Crippen LogP contribution < -0.4 is 10.6 Å². The van der Waals surface area contributed by atoms with Gasteiger partial charge in [0.1, 0.15) is 0 Å². The maximum atomic E-state index is 12.6. The van der Waals surface area contributed by atoms with E-state index in [2.05, 4.69) is 0 Å². The zero-order valence-electron chi connectivity index (χ0n) is 11.8. The minimum absolute atomic E-state index is 0.325. The van der Waals surface area contributed by atoms with Crippen molar-refractivity contribution in [1.82, 2.24) is 0 Å². The maximum Gasteiger partial charge on any atom is 0.227 e. The molecule has 2 N–H and O–H groups in total. The molecule has 3 unspecified atom stereocenters. The second kappa shape index (κ2) is 4.51. The summed E-state index contributed by atoms with van der Waals surface area (Å²) in [6.07, 6.45) is 7.13. The molecule has 0 saturated heterocycles. The Morgan fingerprint density at radius 1 is 1.30 bits per heavy atom. The fourth-order valence-corrected chi connectivity index (χ4v) is 4.64. The molecule has 20 heavy (non-hydrogen) atoms. The van der Waals surface area contributed by atoms with Crippen LogP contribution >= 0.6 is 0 Å². The molecule has 3 heteroatoms. The van der Waals surface area contributed by atoms with Crippen molar-refractivity contribution < 1.29 is 4.79 Å². The van der Waals surface area contributed by atoms with Gasteiger partial charge in [-0.3, -0.25) is 4.79 Å². The van der Waals surface area contributed by atoms with Gasteiger partial charge in [-0.25, -0.2) is 0 Å². The molecule has 106 valence electrons. The fourth-order valence-electron chi connectivity index (χ4n) is 4.64. The number of nitrogens with two attached hydrogens (primary N) is 1. The summed E-state index contributed by atoms with van der Waals surface area (Å²) in [6, 6.07) is 5.93. The van der Waals surface area contributed by atoms with E-state index in [-0.39, 0.29) is 0 Å². The first-order valence-corrected chi connectivity index (χ1v) is 7.89. The molecule has 0 radical (unpaired) electrons. The van der Waals surface area contributed by atoms with E-state index in [4.69, 9.17) is 5.73 Å². The van der Waals surface area contributed by atoms with Crippen molar-refractivity contribution in [3.05, 3.63) is 23.8 Å². The first-order valence-electron chi connectivity index (χ1n) is 7.89. The van der Waals surface area contributed by atoms with Crippen LogP contribution in [-0.2, 0) is 11.2 Å². The van der Waals surface area contributed by atoms with Gasteiger partial charge in [-0.15, -0.1) is 0 Å². The predicted octanol–water partition coefficient (Wildman–Crippen LogP) is 2.98. The highest BCUT2D eigenvalue weighted by Crippen LogP contribution is 2.49. The van der Waals surface area contributed by atoms with Crippen LogP contribution in [0, 0.1) is 17.8 Å². The van der Waals surface area contributed by atoms with E-state index >= 15 is 0 Å². The number of carbonyl (C=O) groups excluding carboxylic acids is 1. The molecular formula is C17H22N2O. The lowest BCUT2D eigenvalue weighted by Gasteiger charge is -2.24. The van der Waals surface area contributed by atoms with Crippen LogP contribution in [0.1, 0.15) is 37.7 Å². The highest BCUT2D eigenvalue weighted by atomic mass is 16.2. The van der Waals surface area contributed by atoms with Crippen LogP contribution in [0.15, 0.2) is 18.2 Å². The number of carbonyl (C=O) groups is 1. The van der Waals surface area contributed by atoms with Crippen LogP contribution in [0.3, 0.4) is 0 Å². The second-order valence-corrected chi connectivity index (χ2v) is 6.82. The second-order valence-electron chi connectivity index (χ2n) is 6.82. The number of hydrogen-bond acceptors (Lipinski definition) is 2. The number of amides is 1. The van der Waals surface area contributed by atoms with E-state index in [1.165, 1.54) is 31.2 Å². The Morgan fingerprint density at radius 3 is 2.95 bits per heavy atom. The average Bonchev–Trinajstić information content (AvgIpc) is 3.11. The number of anilines is 2. The summed E-state index contributed by atoms with van der Waals surface area (Å²) < 4.78 is 0. The van der Waals surface area contributed by atoms with Gasteiger partial charge in [0.25, 0.3) is 0 Å². The maximum absolute atomic E-state index is 12.6. The quantitative estimate of drug-likeness (QED) is 0.840. The van der Waals surface area contributed by atoms with Crippen molar-refractivity contribution >= 4 is 17.3 Å². The molecule has 2 fully saturated rings. The molecule has 3 nitrogen and oxygen atoms in total. The Morgan fingerprint density at radius 2 is 2.20 bits per heavy atom. The van der Waals surface area contributed by atoms with Crippen molar-refractivity contribution in [1.29, 1.82) is 0 Å². The minimum atomic E-state index is 0.325. The zero-order chi connectivity index (χ0) is 13.7. The van der Waals surface area contributed by atoms with Crippen LogP contribution in [0.4, 0.5) is 11.4 Å². The SMILES string of the molecule is Nc1ccc2c(c1)CCN2C(=O)CC1CC2CCC1C2. The van der Waals surface area contributed by atoms with E-state index in [9.17, 15) is 4.79 Å². The molecule has 1 aliphatic heterocycles. The number of nitrogen functional groups attached to an aromatic ring is 1. The normalized spacial score (nSPS) is 30.8. The molecule has 1 aromatic rings. The van der Waals surface area contributed by atoms with Gasteiger partial charge in [0.2, 0.25) is 5.91 Å². The first-order chi connectivity index (χ1) is 9.70. The van der Waals surface area contributed by atoms with E-state index in [1.807, 2.05) is 23.1 Å². The lowest BCUT2D eigenvalue weighted by molar-refractivity contribution is -0.119. The Labute approximate surface area is 120 Å². The van der Waals surface area contributed by atoms with Gasteiger partial charge in [0, 0.05) is 24.3 Å². The minimum Gasteiger partial charge on any atom is -0.399 e. The topological polar surface area (TPSA) is 46.3 Å². The van der Waals surface area contributed by atoms with Crippen molar-refractivity contribution in [2.24, 2.45) is 17.8 Å². The summed E-state index contributed by atoms with van der Waals surface area (Å²) in [5.74, 6) is 2.73. The van der Waals surface area contributed by atoms with Gasteiger partial charge in [-0.1, -0.05) is 6.42 Å². The fraction of sp³-hybridized carbons (Fsp3) is 0.588. The number of nitrogens with zero attached hydrogens (tertiary/aromatic N) is 1. The van der Waals surface area contributed by atoms with Gasteiger partial charge >= 0.3 is 0 Å². The van der Waals surface area contributed by atoms with E-state index in [0.717, 1.165) is 42.6 Å². The molecule has 3 aliphatic rings. The van der Waals surface area contributed by atoms with E-state index in [1.54, 1.807) is 0 Å². The average molecular weight is 270 g/mol. The van der Waals surface area contributed by atoms with Gasteiger partial charge in [-0.2, -0.15) is 0 Å². The lowest BCUT2D eigenvalue weighted by Crippen LogP contribution is -2.31. The molecule has 4 rings (SSSR count). The van der Waals surface area contributed by atoms with Crippen LogP contribution in [-0.4, -0.2) is 12.5 Å². The van der Waals surface area contributed by atoms with Crippen molar-refractivity contribution in [3.63, 3.8) is 0 Å². The molecular weight excluding hydrogens is 248 g/mol. The summed E-state index contributed by atoms with van der Waals surface area (Å²) in [4.78, 5) is 14.6. The third kappa shape index (κ3) is 1.91. The molecule has 2 bridgehead atoms. The van der Waals surface area contributed by atoms with Crippen molar-refractivity contribution in [3.8, 4) is 0 Å². The van der Waals surface area contributed by atoms with E-state index in [0.29, 0.717) is 11.8 Å². The van der Waals surface area contributed by atoms with Gasteiger partial charge in [-0.05, 0) is 67.2 Å². The van der Waals surface area contributed by atoms with Gasteiger partial charge in [0.15, 0.2) is 0 Å². The van der Waals surface area contributed by atoms with Crippen LogP contribution in [0.25, 0.3) is 0 Å². The number of rotatable bonds is 2. The number of fused-ring (bicyclic) bond motifs is 3. The Kier molecular flexibility index (Phi) is 2.76. The molecule has 0 aromatic heterocycles. The molecule has 2 aliphatic carbocycles. The Hall–Kier alpha value is -1.51. The molecule has 1 amide bonds. The zero-order valence-corrected chi connectivity index (χ0v) is 11.8. The largest absolute Gasteiger partial charge is 0.399 e. The monoisotopic (exact) mass is 270 g/mol. The van der Waals surface area contributed by atoms with Gasteiger partial charge in [0.05, 0.1) is 0 Å². The summed E-state index contributed by atoms with van der Waals surface area (Å²) in [5.41, 5.74) is 8.94. The Bertz CT molecular complexity index is 554. The van der Waals surface area contributed by atoms with E-state index < -0.39 is 0 Å². The van der Waals surface area contributed by atoms with Crippen molar-refractivity contribution in [2.45, 2.75) is 38.5 Å². The van der Waals surface area contributed by atoms with Gasteiger partial charge < -0.3 is 10.6 Å². The molecule has 1 aromatic carbocycles. The smallest absolute Gasteiger partial charge is 0.227 e. The first kappa shape index (κ1) is 12.2. The van der Waals surface area contributed by atoms with Crippen LogP contribution in [0.2, 0.25) is 0 Å². The molecule has 3 atom stereocenters. The standard InChI is InChI=1S/C17H22N2O/c18-15-3-4-16-13(9-15)5-6-19(16)17(20)10-14-8-11-1-2-12(14)7-11/h3-4,9,11-12,14H,1-2,5-8,10,18H2. The third-order valence-electron chi connectivity index (χ3n) is 5.62. The summed E-state index contributed by atoms with van der Waals surface area (Å²) in [6.45, 7) is 0.832. The summed E-state index contributed by atoms with van der Waals surface area (Å²) >= 11 is 0.